The number of phenolic OH excluding ortho intramolecular Hbond substituents is 1. The van der Waals surface area contributed by atoms with E-state index in [2.05, 4.69) is 11.4 Å². The lowest BCUT2D eigenvalue weighted by atomic mass is 9.34. The van der Waals surface area contributed by atoms with Crippen LogP contribution >= 0.6 is 0 Å². The normalized spacial score (nSPS) is 46.1. The summed E-state index contributed by atoms with van der Waals surface area (Å²) >= 11 is 0. The zero-order valence-electron chi connectivity index (χ0n) is 16.3. The number of piperidine rings is 1. The highest BCUT2D eigenvalue weighted by Gasteiger charge is 2.80. The predicted octanol–water partition coefficient (Wildman–Crippen LogP) is 2.27. The fraction of sp³-hybridized carbons (Fsp3) is 0.727. The highest BCUT2D eigenvalue weighted by Crippen LogP contribution is 2.76. The molecule has 146 valence electrons. The van der Waals surface area contributed by atoms with Crippen molar-refractivity contribution in [1.82, 2.24) is 5.32 Å². The average Bonchev–Trinajstić information content (AvgIpc) is 2.99. The molecule has 3 saturated carbocycles. The molecule has 6 aliphatic rings. The smallest absolute Gasteiger partial charge is 0.165 e. The third kappa shape index (κ3) is 1.55. The Hall–Kier alpha value is -1.30. The highest BCUT2D eigenvalue weighted by molar-refractivity contribution is 5.63. The maximum Gasteiger partial charge on any atom is 0.165 e. The molecule has 3 N–H and O–H groups in total. The summed E-state index contributed by atoms with van der Waals surface area (Å²) in [5, 5.41) is 25.6. The third-order valence-corrected chi connectivity index (χ3v) is 9.04. The van der Waals surface area contributed by atoms with Gasteiger partial charge in [0.15, 0.2) is 11.5 Å². The number of fused-ring (bicyclic) bond motifs is 2. The molecule has 0 aromatic heterocycles. The Kier molecular flexibility index (Phi) is 2.86. The molecule has 5 nitrogen and oxygen atoms in total. The molecule has 4 fully saturated rings. The Morgan fingerprint density at radius 1 is 1.26 bits per heavy atom. The van der Waals surface area contributed by atoms with E-state index in [0.29, 0.717) is 11.8 Å². The molecule has 6 unspecified atom stereocenters. The fourth-order valence-electron chi connectivity index (χ4n) is 8.18. The van der Waals surface area contributed by atoms with Crippen LogP contribution in [0.1, 0.15) is 50.7 Å². The van der Waals surface area contributed by atoms with Gasteiger partial charge in [-0.1, -0.05) is 6.07 Å². The van der Waals surface area contributed by atoms with Gasteiger partial charge in [0.25, 0.3) is 0 Å². The van der Waals surface area contributed by atoms with Gasteiger partial charge in [0.05, 0.1) is 5.60 Å². The quantitative estimate of drug-likeness (QED) is 0.744. The van der Waals surface area contributed by atoms with Crippen LogP contribution in [0.3, 0.4) is 0 Å². The Morgan fingerprint density at radius 2 is 2.07 bits per heavy atom. The third-order valence-electron chi connectivity index (χ3n) is 9.04. The standard InChI is InChI=1S/C22H29NO4/c1-19(2,25)14-11-20-6-7-22(14,26-3)18-21(20)8-9-23-15(20)10-12-4-5-13(24)17(27-18)16(12)21/h4-5,14-15,18,23-25H,6-11H2,1-3H3. The summed E-state index contributed by atoms with van der Waals surface area (Å²) in [5.74, 6) is 0.930. The SMILES string of the molecule is COC12CCC3(CC1C(C)(C)O)C1Cc4ccc(O)c5c4C3(CCN1)C2O5. The van der Waals surface area contributed by atoms with E-state index >= 15 is 0 Å². The van der Waals surface area contributed by atoms with Crippen molar-refractivity contribution < 1.29 is 19.7 Å². The maximum atomic E-state index is 11.1. The Morgan fingerprint density at radius 3 is 2.81 bits per heavy atom. The summed E-state index contributed by atoms with van der Waals surface area (Å²) in [6.45, 7) is 4.80. The number of rotatable bonds is 2. The summed E-state index contributed by atoms with van der Waals surface area (Å²) in [6.07, 6.45) is 4.74. The van der Waals surface area contributed by atoms with E-state index < -0.39 is 11.2 Å². The number of hydrogen-bond donors (Lipinski definition) is 3. The van der Waals surface area contributed by atoms with E-state index in [0.717, 1.165) is 38.6 Å². The van der Waals surface area contributed by atoms with Gasteiger partial charge in [-0.3, -0.25) is 0 Å². The minimum atomic E-state index is -0.847. The summed E-state index contributed by atoms with van der Waals surface area (Å²) in [4.78, 5) is 0. The summed E-state index contributed by atoms with van der Waals surface area (Å²) in [6, 6.07) is 4.26. The summed E-state index contributed by atoms with van der Waals surface area (Å²) in [7, 11) is 1.78. The van der Waals surface area contributed by atoms with E-state index in [9.17, 15) is 10.2 Å². The molecule has 0 radical (unpaired) electrons. The van der Waals surface area contributed by atoms with Crippen LogP contribution in [0.2, 0.25) is 0 Å². The van der Waals surface area contributed by atoms with Crippen LogP contribution in [0.4, 0.5) is 0 Å². The molecule has 4 bridgehead atoms. The van der Waals surface area contributed by atoms with Crippen molar-refractivity contribution in [1.29, 1.82) is 0 Å². The van der Waals surface area contributed by atoms with Crippen molar-refractivity contribution in [2.75, 3.05) is 13.7 Å². The van der Waals surface area contributed by atoms with Crippen LogP contribution in [0.25, 0.3) is 0 Å². The first-order valence-electron chi connectivity index (χ1n) is 10.3. The van der Waals surface area contributed by atoms with Crippen LogP contribution in [0.5, 0.6) is 11.5 Å². The molecule has 1 aromatic rings. The van der Waals surface area contributed by atoms with Crippen LogP contribution in [-0.4, -0.2) is 47.2 Å². The van der Waals surface area contributed by atoms with Crippen molar-refractivity contribution in [2.24, 2.45) is 11.3 Å². The number of nitrogens with one attached hydrogen (secondary N) is 1. The van der Waals surface area contributed by atoms with Crippen molar-refractivity contribution in [2.45, 2.75) is 74.7 Å². The lowest BCUT2D eigenvalue weighted by molar-refractivity contribution is -0.289. The van der Waals surface area contributed by atoms with E-state index in [1.807, 2.05) is 13.8 Å². The second-order valence-corrected chi connectivity index (χ2v) is 10.1. The van der Waals surface area contributed by atoms with Gasteiger partial charge >= 0.3 is 0 Å². The van der Waals surface area contributed by atoms with Gasteiger partial charge in [-0.05, 0) is 64.1 Å². The molecule has 5 heteroatoms. The van der Waals surface area contributed by atoms with E-state index in [-0.39, 0.29) is 28.6 Å². The van der Waals surface area contributed by atoms with Crippen molar-refractivity contribution in [3.63, 3.8) is 0 Å². The molecule has 7 rings (SSSR count). The number of hydrogen-bond acceptors (Lipinski definition) is 5. The zero-order chi connectivity index (χ0) is 18.8. The van der Waals surface area contributed by atoms with E-state index in [1.165, 1.54) is 11.1 Å². The van der Waals surface area contributed by atoms with Gasteiger partial charge < -0.3 is 25.0 Å². The second kappa shape index (κ2) is 4.64. The van der Waals surface area contributed by atoms with Crippen LogP contribution in [0.15, 0.2) is 12.1 Å². The fourth-order valence-corrected chi connectivity index (χ4v) is 8.18. The lowest BCUT2D eigenvalue weighted by Gasteiger charge is -2.73. The van der Waals surface area contributed by atoms with Gasteiger partial charge in [-0.25, -0.2) is 0 Å². The number of benzene rings is 1. The van der Waals surface area contributed by atoms with E-state index in [4.69, 9.17) is 9.47 Å². The van der Waals surface area contributed by atoms with Gasteiger partial charge in [0, 0.05) is 35.5 Å². The molecule has 2 spiro atoms. The highest BCUT2D eigenvalue weighted by atomic mass is 16.6. The molecule has 4 aliphatic carbocycles. The van der Waals surface area contributed by atoms with Crippen LogP contribution < -0.4 is 10.1 Å². The van der Waals surface area contributed by atoms with Gasteiger partial charge in [0.2, 0.25) is 0 Å². The van der Waals surface area contributed by atoms with E-state index in [1.54, 1.807) is 13.2 Å². The second-order valence-electron chi connectivity index (χ2n) is 10.1. The first-order chi connectivity index (χ1) is 12.8. The molecule has 1 saturated heterocycles. The predicted molar refractivity (Wildman–Crippen MR) is 100 cm³/mol. The lowest BCUT2D eigenvalue weighted by Crippen LogP contribution is -2.82. The molecule has 2 aliphatic heterocycles. The number of aromatic hydroxyl groups is 1. The number of phenols is 1. The average molecular weight is 371 g/mol. The Bertz CT molecular complexity index is 847. The van der Waals surface area contributed by atoms with Gasteiger partial charge in [0.1, 0.15) is 11.7 Å². The Balaban J connectivity index is 1.69. The summed E-state index contributed by atoms with van der Waals surface area (Å²) in [5.41, 5.74) is 1.11. The van der Waals surface area contributed by atoms with Gasteiger partial charge in [-0.15, -0.1) is 0 Å². The largest absolute Gasteiger partial charge is 0.504 e. The summed E-state index contributed by atoms with van der Waals surface area (Å²) < 4.78 is 12.9. The Labute approximate surface area is 160 Å². The molecule has 2 heterocycles. The molecule has 1 aromatic carbocycles. The van der Waals surface area contributed by atoms with Crippen molar-refractivity contribution >= 4 is 0 Å². The van der Waals surface area contributed by atoms with Crippen LogP contribution in [-0.2, 0) is 16.6 Å². The molecule has 27 heavy (non-hydrogen) atoms. The molecule has 6 atom stereocenters. The maximum absolute atomic E-state index is 11.1. The monoisotopic (exact) mass is 371 g/mol. The molecular formula is C22H29NO4. The minimum Gasteiger partial charge on any atom is -0.504 e. The molecule has 0 amide bonds. The number of ether oxygens (including phenoxy) is 2. The van der Waals surface area contributed by atoms with Crippen LogP contribution in [0, 0.1) is 11.3 Å². The first-order valence-corrected chi connectivity index (χ1v) is 10.3. The zero-order valence-corrected chi connectivity index (χ0v) is 16.3. The van der Waals surface area contributed by atoms with Crippen molar-refractivity contribution in [3.8, 4) is 11.5 Å². The number of methoxy groups -OCH3 is 1. The number of aliphatic hydroxyl groups is 1. The minimum absolute atomic E-state index is 0.00211. The molecular weight excluding hydrogens is 342 g/mol. The van der Waals surface area contributed by atoms with Crippen molar-refractivity contribution in [3.05, 3.63) is 23.3 Å². The topological polar surface area (TPSA) is 71.0 Å². The van der Waals surface area contributed by atoms with Gasteiger partial charge in [-0.2, -0.15) is 0 Å². The first kappa shape index (κ1) is 16.6.